The first kappa shape index (κ1) is 15.8. The average molecular weight is 296 g/mol. The van der Waals surface area contributed by atoms with E-state index in [9.17, 15) is 18.0 Å². The molecule has 0 spiro atoms. The Morgan fingerprint density at radius 2 is 2.05 bits per heavy atom. The first-order valence-electron chi connectivity index (χ1n) is 5.49. The molecule has 0 saturated heterocycles. The van der Waals surface area contributed by atoms with Crippen LogP contribution in [0.15, 0.2) is 24.3 Å². The Hall–Kier alpha value is -1.27. The van der Waals surface area contributed by atoms with E-state index in [4.69, 9.17) is 16.7 Å². The molecule has 0 radical (unpaired) electrons. The second-order valence-corrected chi connectivity index (χ2v) is 4.17. The fourth-order valence-corrected chi connectivity index (χ4v) is 1.73. The molecule has 0 aromatic heterocycles. The van der Waals surface area contributed by atoms with E-state index in [1.807, 2.05) is 0 Å². The highest BCUT2D eigenvalue weighted by Crippen LogP contribution is 2.18. The van der Waals surface area contributed by atoms with Gasteiger partial charge in [-0.15, -0.1) is 11.6 Å². The van der Waals surface area contributed by atoms with Crippen LogP contribution in [0.2, 0.25) is 0 Å². The van der Waals surface area contributed by atoms with Crippen molar-refractivity contribution in [1.29, 1.82) is 0 Å². The molecule has 1 N–H and O–H groups in total. The fourth-order valence-electron chi connectivity index (χ4n) is 1.56. The lowest BCUT2D eigenvalue weighted by atomic mass is 10.1. The van der Waals surface area contributed by atoms with E-state index in [1.165, 1.54) is 12.1 Å². The molecule has 1 rings (SSSR count). The summed E-state index contributed by atoms with van der Waals surface area (Å²) in [6.07, 6.45) is -4.51. The maximum atomic E-state index is 12.4. The van der Waals surface area contributed by atoms with Crippen LogP contribution >= 0.6 is 11.6 Å². The van der Waals surface area contributed by atoms with Crippen molar-refractivity contribution in [3.63, 3.8) is 0 Å². The fraction of sp³-hybridized carbons (Fsp3) is 0.417. The summed E-state index contributed by atoms with van der Waals surface area (Å²) in [6.45, 7) is -2.29. The molecule has 3 nitrogen and oxygen atoms in total. The van der Waals surface area contributed by atoms with Gasteiger partial charge in [-0.25, -0.2) is 0 Å². The van der Waals surface area contributed by atoms with Crippen molar-refractivity contribution in [3.05, 3.63) is 35.4 Å². The Balaban J connectivity index is 2.91. The Labute approximate surface area is 113 Å². The predicted octanol–water partition coefficient (Wildman–Crippen LogP) is 2.42. The molecule has 0 bridgehead atoms. The van der Waals surface area contributed by atoms with E-state index in [0.717, 1.165) is 0 Å². The maximum Gasteiger partial charge on any atom is 0.406 e. The van der Waals surface area contributed by atoms with Gasteiger partial charge in [0.05, 0.1) is 6.61 Å². The van der Waals surface area contributed by atoms with Crippen molar-refractivity contribution in [2.24, 2.45) is 0 Å². The molecule has 0 atom stereocenters. The van der Waals surface area contributed by atoms with Crippen LogP contribution in [0.4, 0.5) is 13.2 Å². The van der Waals surface area contributed by atoms with E-state index in [-0.39, 0.29) is 18.0 Å². The summed E-state index contributed by atoms with van der Waals surface area (Å²) >= 11 is 5.61. The van der Waals surface area contributed by atoms with Gasteiger partial charge in [-0.1, -0.05) is 12.1 Å². The van der Waals surface area contributed by atoms with Gasteiger partial charge < -0.3 is 10.0 Å². The molecular weight excluding hydrogens is 283 g/mol. The summed E-state index contributed by atoms with van der Waals surface area (Å²) in [5.74, 6) is -0.612. The average Bonchev–Trinajstić information content (AvgIpc) is 2.36. The smallest absolute Gasteiger partial charge is 0.395 e. The Morgan fingerprint density at radius 3 is 2.58 bits per heavy atom. The van der Waals surface area contributed by atoms with Crippen LogP contribution in [0.1, 0.15) is 15.9 Å². The molecule has 0 aliphatic heterocycles. The Morgan fingerprint density at radius 1 is 1.37 bits per heavy atom. The third-order valence-corrected chi connectivity index (χ3v) is 2.66. The van der Waals surface area contributed by atoms with Crippen molar-refractivity contribution in [2.45, 2.75) is 12.1 Å². The van der Waals surface area contributed by atoms with E-state index in [2.05, 4.69) is 0 Å². The molecular formula is C12H13ClF3NO2. The molecule has 1 aromatic rings. The van der Waals surface area contributed by atoms with Crippen LogP contribution in [0.5, 0.6) is 0 Å². The maximum absolute atomic E-state index is 12.4. The summed E-state index contributed by atoms with van der Waals surface area (Å²) < 4.78 is 37.1. The highest BCUT2D eigenvalue weighted by molar-refractivity contribution is 6.17. The third-order valence-electron chi connectivity index (χ3n) is 2.36. The molecule has 1 aromatic carbocycles. The number of benzene rings is 1. The topological polar surface area (TPSA) is 40.5 Å². The zero-order chi connectivity index (χ0) is 14.5. The molecule has 1 amide bonds. The van der Waals surface area contributed by atoms with Crippen LogP contribution in [-0.4, -0.2) is 41.8 Å². The number of hydrogen-bond donors (Lipinski definition) is 1. The van der Waals surface area contributed by atoms with E-state index in [1.54, 1.807) is 12.1 Å². The quantitative estimate of drug-likeness (QED) is 0.848. The minimum Gasteiger partial charge on any atom is -0.395 e. The van der Waals surface area contributed by atoms with Gasteiger partial charge in [-0.2, -0.15) is 13.2 Å². The zero-order valence-electron chi connectivity index (χ0n) is 9.95. The van der Waals surface area contributed by atoms with Crippen LogP contribution in [-0.2, 0) is 5.88 Å². The summed E-state index contributed by atoms with van der Waals surface area (Å²) in [7, 11) is 0. The molecule has 19 heavy (non-hydrogen) atoms. The first-order valence-corrected chi connectivity index (χ1v) is 6.02. The number of carbonyl (C=O) groups is 1. The largest absolute Gasteiger partial charge is 0.406 e. The van der Waals surface area contributed by atoms with Crippen molar-refractivity contribution in [3.8, 4) is 0 Å². The number of halogens is 4. The first-order chi connectivity index (χ1) is 8.87. The lowest BCUT2D eigenvalue weighted by Crippen LogP contribution is -2.40. The van der Waals surface area contributed by atoms with E-state index >= 15 is 0 Å². The number of amides is 1. The minimum atomic E-state index is -4.51. The number of nitrogens with zero attached hydrogens (tertiary/aromatic N) is 1. The van der Waals surface area contributed by atoms with Crippen molar-refractivity contribution in [1.82, 2.24) is 4.90 Å². The Bertz CT molecular complexity index is 437. The molecule has 0 fully saturated rings. The number of alkyl halides is 4. The van der Waals surface area contributed by atoms with E-state index < -0.39 is 25.2 Å². The number of carbonyl (C=O) groups excluding carboxylic acids is 1. The second kappa shape index (κ2) is 6.77. The van der Waals surface area contributed by atoms with Gasteiger partial charge >= 0.3 is 6.18 Å². The third kappa shape index (κ3) is 5.08. The van der Waals surface area contributed by atoms with Gasteiger partial charge in [0.15, 0.2) is 0 Å². The predicted molar refractivity (Wildman–Crippen MR) is 65.0 cm³/mol. The number of hydrogen-bond acceptors (Lipinski definition) is 2. The highest BCUT2D eigenvalue weighted by atomic mass is 35.5. The van der Waals surface area contributed by atoms with Crippen LogP contribution in [0.25, 0.3) is 0 Å². The molecule has 0 heterocycles. The van der Waals surface area contributed by atoms with Crippen molar-refractivity contribution < 1.29 is 23.1 Å². The highest BCUT2D eigenvalue weighted by Gasteiger charge is 2.33. The van der Waals surface area contributed by atoms with Gasteiger partial charge in [-0.05, 0) is 17.7 Å². The van der Waals surface area contributed by atoms with Gasteiger partial charge in [0, 0.05) is 18.0 Å². The van der Waals surface area contributed by atoms with Gasteiger partial charge in [-0.3, -0.25) is 4.79 Å². The number of aliphatic hydroxyl groups is 1. The number of rotatable bonds is 5. The standard InChI is InChI=1S/C12H13ClF3NO2/c13-7-9-2-1-3-10(6-9)11(19)17(4-5-18)8-12(14,15)16/h1-3,6,18H,4-5,7-8H2. The monoisotopic (exact) mass is 295 g/mol. The molecule has 7 heteroatoms. The van der Waals surface area contributed by atoms with Crippen molar-refractivity contribution >= 4 is 17.5 Å². The molecule has 0 aliphatic rings. The summed E-state index contributed by atoms with van der Waals surface area (Å²) in [6, 6.07) is 6.08. The van der Waals surface area contributed by atoms with Crippen LogP contribution in [0.3, 0.4) is 0 Å². The molecule has 106 valence electrons. The SMILES string of the molecule is O=C(c1cccc(CCl)c1)N(CCO)CC(F)(F)F. The van der Waals surface area contributed by atoms with Crippen LogP contribution < -0.4 is 0 Å². The van der Waals surface area contributed by atoms with Gasteiger partial charge in [0.1, 0.15) is 6.54 Å². The van der Waals surface area contributed by atoms with Gasteiger partial charge in [0.25, 0.3) is 5.91 Å². The second-order valence-electron chi connectivity index (χ2n) is 3.90. The zero-order valence-corrected chi connectivity index (χ0v) is 10.7. The number of aliphatic hydroxyl groups excluding tert-OH is 1. The molecule has 0 aliphatic carbocycles. The lowest BCUT2D eigenvalue weighted by molar-refractivity contribution is -0.141. The summed E-state index contributed by atoms with van der Waals surface area (Å²) in [5, 5.41) is 8.75. The lowest BCUT2D eigenvalue weighted by Gasteiger charge is -2.23. The summed E-state index contributed by atoms with van der Waals surface area (Å²) in [4.78, 5) is 12.5. The van der Waals surface area contributed by atoms with Gasteiger partial charge in [0.2, 0.25) is 0 Å². The normalized spacial score (nSPS) is 11.4. The Kier molecular flexibility index (Phi) is 5.62. The van der Waals surface area contributed by atoms with E-state index in [0.29, 0.717) is 10.5 Å². The summed E-state index contributed by atoms with van der Waals surface area (Å²) in [5.41, 5.74) is 0.763. The van der Waals surface area contributed by atoms with Crippen LogP contribution in [0, 0.1) is 0 Å². The minimum absolute atomic E-state index is 0.121. The molecule has 0 unspecified atom stereocenters. The molecule has 0 saturated carbocycles. The van der Waals surface area contributed by atoms with Crippen molar-refractivity contribution in [2.75, 3.05) is 19.7 Å².